The molecule has 0 unspecified atom stereocenters. The van der Waals surface area contributed by atoms with Crippen LogP contribution >= 0.6 is 11.6 Å². The second-order valence-electron chi connectivity index (χ2n) is 4.77. The third-order valence-corrected chi connectivity index (χ3v) is 3.49. The van der Waals surface area contributed by atoms with Gasteiger partial charge in [-0.2, -0.15) is 0 Å². The first-order valence-electron chi connectivity index (χ1n) is 6.65. The number of hydrogen-bond donors (Lipinski definition) is 1. The average Bonchev–Trinajstić information content (AvgIpc) is 2.43. The Balaban J connectivity index is 2.40. The van der Waals surface area contributed by atoms with E-state index in [1.807, 2.05) is 24.1 Å². The molecule has 0 amide bonds. The molecular formula is C15H19ClN4. The van der Waals surface area contributed by atoms with Gasteiger partial charge < -0.3 is 10.6 Å². The molecule has 0 aliphatic rings. The first kappa shape index (κ1) is 14.6. The molecule has 0 atom stereocenters. The lowest BCUT2D eigenvalue weighted by Crippen LogP contribution is -2.14. The fourth-order valence-corrected chi connectivity index (χ4v) is 2.33. The number of aryl methyl sites for hydroxylation is 2. The number of nitrogen functional groups attached to an aromatic ring is 1. The Labute approximate surface area is 124 Å². The maximum absolute atomic E-state index is 6.22. The van der Waals surface area contributed by atoms with Gasteiger partial charge in [0.1, 0.15) is 16.7 Å². The van der Waals surface area contributed by atoms with Crippen LogP contribution in [0.25, 0.3) is 0 Å². The van der Waals surface area contributed by atoms with E-state index in [0.717, 1.165) is 18.5 Å². The molecule has 0 fully saturated rings. The summed E-state index contributed by atoms with van der Waals surface area (Å²) in [5, 5.41) is 0.388. The molecule has 1 aromatic heterocycles. The number of nitrogens with zero attached hydrogens (tertiary/aromatic N) is 3. The van der Waals surface area contributed by atoms with Crippen molar-refractivity contribution in [3.63, 3.8) is 0 Å². The Morgan fingerprint density at radius 1 is 1.30 bits per heavy atom. The highest BCUT2D eigenvalue weighted by Gasteiger charge is 2.14. The Morgan fingerprint density at radius 2 is 2.05 bits per heavy atom. The molecule has 5 heteroatoms. The molecule has 0 radical (unpaired) electrons. The van der Waals surface area contributed by atoms with Crippen molar-refractivity contribution in [2.24, 2.45) is 0 Å². The average molecular weight is 291 g/mol. The lowest BCUT2D eigenvalue weighted by Gasteiger charge is -2.21. The lowest BCUT2D eigenvalue weighted by molar-refractivity contribution is 0.920. The van der Waals surface area contributed by atoms with Crippen LogP contribution in [0.5, 0.6) is 0 Å². The van der Waals surface area contributed by atoms with E-state index >= 15 is 0 Å². The largest absolute Gasteiger partial charge is 0.382 e. The number of halogens is 1. The summed E-state index contributed by atoms with van der Waals surface area (Å²) in [6.07, 6.45) is 2.17. The van der Waals surface area contributed by atoms with Crippen LogP contribution in [-0.4, -0.2) is 17.0 Å². The van der Waals surface area contributed by atoms with E-state index in [1.54, 1.807) is 6.92 Å². The first-order valence-corrected chi connectivity index (χ1v) is 7.03. The zero-order valence-corrected chi connectivity index (χ0v) is 12.8. The molecule has 0 aliphatic heterocycles. The van der Waals surface area contributed by atoms with Gasteiger partial charge in [-0.1, -0.05) is 37.1 Å². The van der Waals surface area contributed by atoms with Crippen LogP contribution in [0.2, 0.25) is 5.02 Å². The Morgan fingerprint density at radius 3 is 2.75 bits per heavy atom. The second-order valence-corrected chi connectivity index (χ2v) is 5.15. The Kier molecular flexibility index (Phi) is 4.45. The standard InChI is InChI=1S/C15H19ClN4/c1-4-6-11-7-5-8-12(9-11)20(3)15-13(16)14(17)18-10(2)19-15/h5,7-9H,4,6H2,1-3H3,(H2,17,18,19). The summed E-state index contributed by atoms with van der Waals surface area (Å²) in [6, 6.07) is 8.35. The molecule has 0 saturated carbocycles. The molecule has 20 heavy (non-hydrogen) atoms. The van der Waals surface area contributed by atoms with Gasteiger partial charge in [0.15, 0.2) is 5.82 Å². The smallest absolute Gasteiger partial charge is 0.157 e. The van der Waals surface area contributed by atoms with Crippen LogP contribution < -0.4 is 10.6 Å². The van der Waals surface area contributed by atoms with Crippen molar-refractivity contribution < 1.29 is 0 Å². The van der Waals surface area contributed by atoms with Crippen LogP contribution in [-0.2, 0) is 6.42 Å². The van der Waals surface area contributed by atoms with Crippen molar-refractivity contribution in [1.82, 2.24) is 9.97 Å². The van der Waals surface area contributed by atoms with Crippen molar-refractivity contribution in [3.05, 3.63) is 40.7 Å². The molecule has 1 aromatic carbocycles. The van der Waals surface area contributed by atoms with Crippen molar-refractivity contribution in [2.75, 3.05) is 17.7 Å². The fourth-order valence-electron chi connectivity index (χ4n) is 2.12. The molecule has 4 nitrogen and oxygen atoms in total. The molecule has 2 rings (SSSR count). The number of aromatic nitrogens is 2. The highest BCUT2D eigenvalue weighted by Crippen LogP contribution is 2.32. The summed E-state index contributed by atoms with van der Waals surface area (Å²) in [6.45, 7) is 3.97. The van der Waals surface area contributed by atoms with E-state index in [0.29, 0.717) is 22.5 Å². The van der Waals surface area contributed by atoms with Crippen LogP contribution in [0.1, 0.15) is 24.7 Å². The van der Waals surface area contributed by atoms with Crippen LogP contribution in [0.3, 0.4) is 0 Å². The topological polar surface area (TPSA) is 55.0 Å². The summed E-state index contributed by atoms with van der Waals surface area (Å²) >= 11 is 6.22. The van der Waals surface area contributed by atoms with Crippen molar-refractivity contribution >= 4 is 28.9 Å². The molecule has 0 bridgehead atoms. The maximum Gasteiger partial charge on any atom is 0.157 e. The number of hydrogen-bond acceptors (Lipinski definition) is 4. The van der Waals surface area contributed by atoms with E-state index in [4.69, 9.17) is 17.3 Å². The number of nitrogens with two attached hydrogens (primary N) is 1. The van der Waals surface area contributed by atoms with Gasteiger partial charge in [-0.05, 0) is 31.0 Å². The zero-order chi connectivity index (χ0) is 14.7. The fraction of sp³-hybridized carbons (Fsp3) is 0.333. The van der Waals surface area contributed by atoms with E-state index in [1.165, 1.54) is 5.56 Å². The molecular weight excluding hydrogens is 272 g/mol. The van der Waals surface area contributed by atoms with E-state index < -0.39 is 0 Å². The van der Waals surface area contributed by atoms with Gasteiger partial charge in [-0.3, -0.25) is 0 Å². The molecule has 106 valence electrons. The van der Waals surface area contributed by atoms with Crippen LogP contribution in [0.4, 0.5) is 17.3 Å². The highest BCUT2D eigenvalue weighted by molar-refractivity contribution is 6.35. The highest BCUT2D eigenvalue weighted by atomic mass is 35.5. The summed E-state index contributed by atoms with van der Waals surface area (Å²) in [5.74, 6) is 1.55. The minimum absolute atomic E-state index is 0.311. The Bertz CT molecular complexity index is 613. The molecule has 0 spiro atoms. The van der Waals surface area contributed by atoms with Gasteiger partial charge in [0.2, 0.25) is 0 Å². The number of benzene rings is 1. The lowest BCUT2D eigenvalue weighted by atomic mass is 10.1. The van der Waals surface area contributed by atoms with Gasteiger partial charge in [0.25, 0.3) is 0 Å². The van der Waals surface area contributed by atoms with Gasteiger partial charge in [0, 0.05) is 12.7 Å². The number of anilines is 3. The van der Waals surface area contributed by atoms with Crippen LogP contribution in [0.15, 0.2) is 24.3 Å². The Hall–Kier alpha value is -1.81. The summed E-state index contributed by atoms with van der Waals surface area (Å²) in [4.78, 5) is 10.4. The minimum Gasteiger partial charge on any atom is -0.382 e. The van der Waals surface area contributed by atoms with E-state index in [2.05, 4.69) is 29.0 Å². The van der Waals surface area contributed by atoms with E-state index in [9.17, 15) is 0 Å². The summed E-state index contributed by atoms with van der Waals surface area (Å²) in [7, 11) is 1.93. The van der Waals surface area contributed by atoms with Gasteiger partial charge in [-0.25, -0.2) is 9.97 Å². The maximum atomic E-state index is 6.22. The minimum atomic E-state index is 0.311. The predicted molar refractivity (Wildman–Crippen MR) is 84.7 cm³/mol. The van der Waals surface area contributed by atoms with Gasteiger partial charge in [0.05, 0.1) is 0 Å². The van der Waals surface area contributed by atoms with Crippen molar-refractivity contribution in [1.29, 1.82) is 0 Å². The van der Waals surface area contributed by atoms with Crippen molar-refractivity contribution in [3.8, 4) is 0 Å². The molecule has 2 N–H and O–H groups in total. The SMILES string of the molecule is CCCc1cccc(N(C)c2nc(C)nc(N)c2Cl)c1. The van der Waals surface area contributed by atoms with Crippen LogP contribution in [0, 0.1) is 6.92 Å². The molecule has 0 aliphatic carbocycles. The third-order valence-electron chi connectivity index (χ3n) is 3.13. The molecule has 2 aromatic rings. The zero-order valence-electron chi connectivity index (χ0n) is 12.0. The summed E-state index contributed by atoms with van der Waals surface area (Å²) < 4.78 is 0. The third kappa shape index (κ3) is 3.02. The second kappa shape index (κ2) is 6.09. The van der Waals surface area contributed by atoms with Crippen molar-refractivity contribution in [2.45, 2.75) is 26.7 Å². The van der Waals surface area contributed by atoms with E-state index in [-0.39, 0.29) is 0 Å². The predicted octanol–water partition coefficient (Wildman–Crippen LogP) is 3.74. The normalized spacial score (nSPS) is 10.6. The summed E-state index contributed by atoms with van der Waals surface area (Å²) in [5.41, 5.74) is 8.14. The van der Waals surface area contributed by atoms with Gasteiger partial charge >= 0.3 is 0 Å². The quantitative estimate of drug-likeness (QED) is 0.932. The first-order chi connectivity index (χ1) is 9.52. The molecule has 1 heterocycles. The molecule has 0 saturated heterocycles. The van der Waals surface area contributed by atoms with Gasteiger partial charge in [-0.15, -0.1) is 0 Å². The monoisotopic (exact) mass is 290 g/mol. The number of rotatable bonds is 4.